The van der Waals surface area contributed by atoms with E-state index in [-0.39, 0.29) is 29.7 Å². The van der Waals surface area contributed by atoms with Crippen LogP contribution in [0.5, 0.6) is 5.75 Å². The van der Waals surface area contributed by atoms with Crippen LogP contribution in [0.3, 0.4) is 0 Å². The number of rotatable bonds is 4. The Kier molecular flexibility index (Phi) is 5.03. The van der Waals surface area contributed by atoms with Crippen molar-refractivity contribution in [1.82, 2.24) is 14.9 Å². The minimum Gasteiger partial charge on any atom is -0.491 e. The van der Waals surface area contributed by atoms with Crippen LogP contribution in [0, 0.1) is 11.7 Å². The molecule has 2 aromatic heterocycles. The van der Waals surface area contributed by atoms with Gasteiger partial charge in [0.05, 0.1) is 22.7 Å². The molecule has 1 amide bonds. The molecule has 0 radical (unpaired) electrons. The van der Waals surface area contributed by atoms with Crippen LogP contribution in [0.15, 0.2) is 48.8 Å². The summed E-state index contributed by atoms with van der Waals surface area (Å²) < 4.78 is 60.4. The largest absolute Gasteiger partial charge is 0.491 e. The van der Waals surface area contributed by atoms with Gasteiger partial charge in [0, 0.05) is 46.7 Å². The Bertz CT molecular complexity index is 1530. The number of halogens is 4. The molecule has 1 unspecified atom stereocenters. The van der Waals surface area contributed by atoms with E-state index in [1.807, 2.05) is 0 Å². The summed E-state index contributed by atoms with van der Waals surface area (Å²) in [6.07, 6.45) is 0.501. The van der Waals surface area contributed by atoms with Gasteiger partial charge in [-0.25, -0.2) is 9.37 Å². The summed E-state index contributed by atoms with van der Waals surface area (Å²) >= 11 is 0. The zero-order valence-electron chi connectivity index (χ0n) is 18.8. The Morgan fingerprint density at radius 2 is 1.92 bits per heavy atom. The van der Waals surface area contributed by atoms with E-state index in [1.54, 1.807) is 18.5 Å². The first-order chi connectivity index (χ1) is 17.2. The first kappa shape index (κ1) is 22.5. The SMILES string of the molecule is Nc1nc2cc(F)c(C(=O)N(CC3CC3)C3COc4cc(C(F)(F)F)ccc43)cc2c2cnccc12. The molecule has 6 nitrogen and oxygen atoms in total. The van der Waals surface area contributed by atoms with E-state index in [1.165, 1.54) is 23.1 Å². The number of fused-ring (bicyclic) bond motifs is 4. The number of nitrogens with two attached hydrogens (primary N) is 1. The predicted molar refractivity (Wildman–Crippen MR) is 125 cm³/mol. The molecule has 2 aromatic carbocycles. The Labute approximate surface area is 202 Å². The van der Waals surface area contributed by atoms with Gasteiger partial charge in [-0.2, -0.15) is 13.2 Å². The maximum Gasteiger partial charge on any atom is 0.416 e. The lowest BCUT2D eigenvalue weighted by molar-refractivity contribution is -0.137. The van der Waals surface area contributed by atoms with Crippen molar-refractivity contribution < 1.29 is 27.1 Å². The molecule has 1 atom stereocenters. The van der Waals surface area contributed by atoms with Crippen molar-refractivity contribution in [3.8, 4) is 5.75 Å². The third-order valence-electron chi connectivity index (χ3n) is 6.83. The summed E-state index contributed by atoms with van der Waals surface area (Å²) in [5.41, 5.74) is 5.82. The van der Waals surface area contributed by atoms with Crippen LogP contribution in [0.4, 0.5) is 23.4 Å². The van der Waals surface area contributed by atoms with Crippen molar-refractivity contribution in [2.24, 2.45) is 5.92 Å². The number of carbonyl (C=O) groups excluding carboxylic acids is 1. The van der Waals surface area contributed by atoms with Crippen molar-refractivity contribution in [2.45, 2.75) is 25.1 Å². The fraction of sp³-hybridized carbons (Fsp3) is 0.269. The molecular formula is C26H20F4N4O2. The molecule has 4 aromatic rings. The quantitative estimate of drug-likeness (QED) is 0.298. The summed E-state index contributed by atoms with van der Waals surface area (Å²) in [5, 5.41) is 1.80. The lowest BCUT2D eigenvalue weighted by Crippen LogP contribution is -2.37. The topological polar surface area (TPSA) is 81.3 Å². The van der Waals surface area contributed by atoms with Gasteiger partial charge in [0.1, 0.15) is 24.0 Å². The minimum atomic E-state index is -4.51. The van der Waals surface area contributed by atoms with E-state index >= 15 is 4.39 Å². The zero-order chi connectivity index (χ0) is 25.2. The highest BCUT2D eigenvalue weighted by molar-refractivity contribution is 6.11. The average Bonchev–Trinajstić information content (AvgIpc) is 3.58. The second kappa shape index (κ2) is 8.04. The molecule has 1 aliphatic heterocycles. The third kappa shape index (κ3) is 3.77. The molecule has 1 saturated carbocycles. The molecule has 0 spiro atoms. The molecule has 1 fully saturated rings. The number of aromatic nitrogens is 2. The first-order valence-corrected chi connectivity index (χ1v) is 11.5. The highest BCUT2D eigenvalue weighted by Crippen LogP contribution is 2.43. The zero-order valence-corrected chi connectivity index (χ0v) is 18.8. The van der Waals surface area contributed by atoms with Gasteiger partial charge in [0.15, 0.2) is 0 Å². The van der Waals surface area contributed by atoms with Gasteiger partial charge in [0.25, 0.3) is 5.91 Å². The van der Waals surface area contributed by atoms with Gasteiger partial charge in [-0.3, -0.25) is 9.78 Å². The lowest BCUT2D eigenvalue weighted by Gasteiger charge is -2.29. The van der Waals surface area contributed by atoms with Crippen molar-refractivity contribution >= 4 is 33.4 Å². The number of nitrogen functional groups attached to an aromatic ring is 1. The van der Waals surface area contributed by atoms with Gasteiger partial charge >= 0.3 is 6.18 Å². The predicted octanol–water partition coefficient (Wildman–Crippen LogP) is 5.51. The summed E-state index contributed by atoms with van der Waals surface area (Å²) in [6.45, 7) is 0.350. The van der Waals surface area contributed by atoms with Crippen LogP contribution < -0.4 is 10.5 Å². The van der Waals surface area contributed by atoms with Crippen LogP contribution >= 0.6 is 0 Å². The second-order valence-corrected chi connectivity index (χ2v) is 9.25. The Morgan fingerprint density at radius 1 is 1.11 bits per heavy atom. The van der Waals surface area contributed by atoms with Crippen LogP contribution in [-0.2, 0) is 6.18 Å². The molecular weight excluding hydrogens is 476 g/mol. The first-order valence-electron chi connectivity index (χ1n) is 11.5. The second-order valence-electron chi connectivity index (χ2n) is 9.25. The van der Waals surface area contributed by atoms with Crippen molar-refractivity contribution in [1.29, 1.82) is 0 Å². The number of pyridine rings is 2. The van der Waals surface area contributed by atoms with Gasteiger partial charge in [-0.15, -0.1) is 0 Å². The van der Waals surface area contributed by atoms with Gasteiger partial charge < -0.3 is 15.4 Å². The number of hydrogen-bond donors (Lipinski definition) is 1. The number of ether oxygens (including phenoxy) is 1. The smallest absolute Gasteiger partial charge is 0.416 e. The lowest BCUT2D eigenvalue weighted by atomic mass is 10.0. The summed E-state index contributed by atoms with van der Waals surface area (Å²) in [7, 11) is 0. The molecule has 0 saturated heterocycles. The molecule has 184 valence electrons. The molecule has 2 aliphatic rings. The van der Waals surface area contributed by atoms with E-state index in [4.69, 9.17) is 10.5 Å². The minimum absolute atomic E-state index is 0.00472. The monoisotopic (exact) mass is 496 g/mol. The fourth-order valence-electron chi connectivity index (χ4n) is 4.77. The summed E-state index contributed by atoms with van der Waals surface area (Å²) in [6, 6.07) is 6.96. The number of nitrogens with zero attached hydrogens (tertiary/aromatic N) is 3. The van der Waals surface area contributed by atoms with Gasteiger partial charge in [-0.1, -0.05) is 6.07 Å². The highest BCUT2D eigenvalue weighted by atomic mass is 19.4. The molecule has 3 heterocycles. The van der Waals surface area contributed by atoms with E-state index in [0.29, 0.717) is 33.8 Å². The van der Waals surface area contributed by atoms with E-state index in [9.17, 15) is 18.0 Å². The van der Waals surface area contributed by atoms with Crippen molar-refractivity contribution in [2.75, 3.05) is 18.9 Å². The molecule has 2 N–H and O–H groups in total. The van der Waals surface area contributed by atoms with E-state index in [2.05, 4.69) is 9.97 Å². The molecule has 1 aliphatic carbocycles. The Hall–Kier alpha value is -3.95. The normalized spacial score (nSPS) is 17.3. The average molecular weight is 496 g/mol. The molecule has 36 heavy (non-hydrogen) atoms. The van der Waals surface area contributed by atoms with E-state index < -0.39 is 29.5 Å². The van der Waals surface area contributed by atoms with Crippen molar-refractivity contribution in [3.63, 3.8) is 0 Å². The number of hydrogen-bond acceptors (Lipinski definition) is 5. The van der Waals surface area contributed by atoms with Gasteiger partial charge in [-0.05, 0) is 43.0 Å². The Balaban J connectivity index is 1.43. The standard InChI is InChI=1S/C26H20F4N4O2/c27-20-9-21-17(19-10-32-6-5-15(19)24(31)33-21)8-18(20)25(35)34(11-13-1-2-13)22-12-36-23-7-14(26(28,29)30)3-4-16(22)23/h3-10,13,22H,1-2,11-12H2,(H2,31,33). The number of benzene rings is 2. The number of amides is 1. The molecule has 10 heteroatoms. The summed E-state index contributed by atoms with van der Waals surface area (Å²) in [4.78, 5) is 23.7. The Morgan fingerprint density at radius 3 is 2.67 bits per heavy atom. The molecule has 6 rings (SSSR count). The maximum atomic E-state index is 15.3. The van der Waals surface area contributed by atoms with Crippen LogP contribution in [0.25, 0.3) is 21.7 Å². The highest BCUT2D eigenvalue weighted by Gasteiger charge is 2.39. The number of anilines is 1. The third-order valence-corrected chi connectivity index (χ3v) is 6.83. The maximum absolute atomic E-state index is 15.3. The van der Waals surface area contributed by atoms with Crippen LogP contribution in [-0.4, -0.2) is 33.9 Å². The number of carbonyl (C=O) groups is 1. The van der Waals surface area contributed by atoms with E-state index in [0.717, 1.165) is 25.0 Å². The fourth-order valence-corrected chi connectivity index (χ4v) is 4.77. The van der Waals surface area contributed by atoms with Crippen LogP contribution in [0.1, 0.15) is 40.4 Å². The number of alkyl halides is 3. The van der Waals surface area contributed by atoms with Crippen molar-refractivity contribution in [3.05, 3.63) is 71.3 Å². The summed E-state index contributed by atoms with van der Waals surface area (Å²) in [5.74, 6) is -0.750. The van der Waals surface area contributed by atoms with Gasteiger partial charge in [0.2, 0.25) is 0 Å². The molecule has 0 bridgehead atoms. The van der Waals surface area contributed by atoms with Crippen LogP contribution in [0.2, 0.25) is 0 Å².